The predicted octanol–water partition coefficient (Wildman–Crippen LogP) is 3.76. The number of benzene rings is 1. The molecule has 0 aliphatic heterocycles. The minimum Gasteiger partial charge on any atom is -0.497 e. The van der Waals surface area contributed by atoms with E-state index in [4.69, 9.17) is 9.47 Å². The van der Waals surface area contributed by atoms with Crippen LogP contribution in [0.5, 0.6) is 11.5 Å². The van der Waals surface area contributed by atoms with Gasteiger partial charge in [0.2, 0.25) is 5.91 Å². The molecule has 1 aliphatic carbocycles. The van der Waals surface area contributed by atoms with Crippen molar-refractivity contribution >= 4 is 12.0 Å². The highest BCUT2D eigenvalue weighted by atomic mass is 16.5. The Hall–Kier alpha value is -1.97. The van der Waals surface area contributed by atoms with Crippen LogP contribution in [-0.2, 0) is 4.79 Å². The quantitative estimate of drug-likeness (QED) is 0.750. The summed E-state index contributed by atoms with van der Waals surface area (Å²) in [6.07, 6.45) is 9.86. The van der Waals surface area contributed by atoms with Crippen molar-refractivity contribution in [2.75, 3.05) is 27.8 Å². The lowest BCUT2D eigenvalue weighted by atomic mass is 9.89. The molecule has 126 valence electrons. The minimum atomic E-state index is 0.0392. The first-order valence-corrected chi connectivity index (χ1v) is 8.28. The Morgan fingerprint density at radius 2 is 1.74 bits per heavy atom. The molecule has 0 N–H and O–H groups in total. The van der Waals surface area contributed by atoms with Crippen LogP contribution in [0.1, 0.15) is 37.7 Å². The second-order valence-corrected chi connectivity index (χ2v) is 6.20. The summed E-state index contributed by atoms with van der Waals surface area (Å²) in [6.45, 7) is 0.852. The van der Waals surface area contributed by atoms with Crippen LogP contribution >= 0.6 is 0 Å². The molecular weight excluding hydrogens is 290 g/mol. The zero-order valence-electron chi connectivity index (χ0n) is 14.4. The summed E-state index contributed by atoms with van der Waals surface area (Å²) in [6, 6.07) is 5.58. The topological polar surface area (TPSA) is 38.8 Å². The molecule has 23 heavy (non-hydrogen) atoms. The van der Waals surface area contributed by atoms with Crippen molar-refractivity contribution < 1.29 is 14.3 Å². The van der Waals surface area contributed by atoms with Gasteiger partial charge in [-0.25, -0.2) is 0 Å². The summed E-state index contributed by atoms with van der Waals surface area (Å²) in [4.78, 5) is 14.1. The van der Waals surface area contributed by atoms with E-state index in [-0.39, 0.29) is 5.91 Å². The van der Waals surface area contributed by atoms with E-state index in [1.807, 2.05) is 36.2 Å². The van der Waals surface area contributed by atoms with Gasteiger partial charge in [-0.2, -0.15) is 0 Å². The highest BCUT2D eigenvalue weighted by Gasteiger charge is 2.17. The second-order valence-electron chi connectivity index (χ2n) is 6.20. The van der Waals surface area contributed by atoms with E-state index in [2.05, 4.69) is 0 Å². The molecule has 1 amide bonds. The number of hydrogen-bond donors (Lipinski definition) is 0. The van der Waals surface area contributed by atoms with Crippen molar-refractivity contribution in [1.29, 1.82) is 0 Å². The van der Waals surface area contributed by atoms with Crippen LogP contribution in [0.2, 0.25) is 0 Å². The molecule has 4 heteroatoms. The van der Waals surface area contributed by atoms with Gasteiger partial charge in [-0.15, -0.1) is 0 Å². The van der Waals surface area contributed by atoms with Crippen LogP contribution < -0.4 is 9.47 Å². The normalized spacial score (nSPS) is 15.6. The number of carbonyl (C=O) groups excluding carboxylic acids is 1. The summed E-state index contributed by atoms with van der Waals surface area (Å²) in [5, 5.41) is 0. The number of nitrogens with zero attached hydrogens (tertiary/aromatic N) is 1. The summed E-state index contributed by atoms with van der Waals surface area (Å²) in [5.41, 5.74) is 0.889. The van der Waals surface area contributed by atoms with Gasteiger partial charge in [0.05, 0.1) is 14.2 Å². The summed E-state index contributed by atoms with van der Waals surface area (Å²) in [5.74, 6) is 2.12. The minimum absolute atomic E-state index is 0.0392. The Morgan fingerprint density at radius 3 is 2.30 bits per heavy atom. The van der Waals surface area contributed by atoms with Crippen LogP contribution in [0, 0.1) is 5.92 Å². The third-order valence-electron chi connectivity index (χ3n) is 4.43. The van der Waals surface area contributed by atoms with Crippen molar-refractivity contribution in [1.82, 2.24) is 4.90 Å². The highest BCUT2D eigenvalue weighted by molar-refractivity contribution is 5.91. The molecule has 1 fully saturated rings. The zero-order valence-corrected chi connectivity index (χ0v) is 14.4. The van der Waals surface area contributed by atoms with Gasteiger partial charge in [-0.05, 0) is 42.5 Å². The molecule has 1 saturated carbocycles. The maximum Gasteiger partial charge on any atom is 0.246 e. The highest BCUT2D eigenvalue weighted by Crippen LogP contribution is 2.25. The van der Waals surface area contributed by atoms with E-state index in [1.54, 1.807) is 20.3 Å². The maximum absolute atomic E-state index is 12.3. The predicted molar refractivity (Wildman–Crippen MR) is 92.8 cm³/mol. The molecule has 2 rings (SSSR count). The summed E-state index contributed by atoms with van der Waals surface area (Å²) >= 11 is 0. The standard InChI is InChI=1S/C19H27NO3/c1-20(14-15-7-5-4-6-8-15)19(21)10-9-16-11-17(22-2)13-18(12-16)23-3/h9-13,15H,4-8,14H2,1-3H3/b10-9+. The van der Waals surface area contributed by atoms with Crippen LogP contribution in [0.15, 0.2) is 24.3 Å². The molecule has 1 aromatic rings. The molecule has 1 aromatic carbocycles. The first kappa shape index (κ1) is 17.4. The molecule has 0 atom stereocenters. The van der Waals surface area contributed by atoms with Crippen molar-refractivity contribution in [2.24, 2.45) is 5.92 Å². The lowest BCUT2D eigenvalue weighted by molar-refractivity contribution is -0.125. The molecule has 0 unspecified atom stereocenters. The number of carbonyl (C=O) groups is 1. The Balaban J connectivity index is 1.96. The van der Waals surface area contributed by atoms with E-state index in [9.17, 15) is 4.79 Å². The average molecular weight is 317 g/mol. The molecule has 1 aliphatic rings. The molecule has 0 heterocycles. The van der Waals surface area contributed by atoms with Crippen LogP contribution in [-0.4, -0.2) is 38.6 Å². The lowest BCUT2D eigenvalue weighted by Crippen LogP contribution is -2.31. The van der Waals surface area contributed by atoms with E-state index in [0.717, 1.165) is 12.1 Å². The van der Waals surface area contributed by atoms with E-state index in [0.29, 0.717) is 17.4 Å². The van der Waals surface area contributed by atoms with Crippen LogP contribution in [0.3, 0.4) is 0 Å². The molecular formula is C19H27NO3. The number of likely N-dealkylation sites (N-methyl/N-ethyl adjacent to an activating group) is 1. The number of amides is 1. The van der Waals surface area contributed by atoms with E-state index >= 15 is 0 Å². The second kappa shape index (κ2) is 8.61. The molecule has 0 radical (unpaired) electrons. The number of rotatable bonds is 6. The average Bonchev–Trinajstić information content (AvgIpc) is 2.60. The van der Waals surface area contributed by atoms with Gasteiger partial charge < -0.3 is 14.4 Å². The number of methoxy groups -OCH3 is 2. The van der Waals surface area contributed by atoms with Crippen molar-refractivity contribution in [3.8, 4) is 11.5 Å². The number of hydrogen-bond acceptors (Lipinski definition) is 3. The van der Waals surface area contributed by atoms with Gasteiger partial charge in [0, 0.05) is 25.7 Å². The van der Waals surface area contributed by atoms with Gasteiger partial charge in [0.25, 0.3) is 0 Å². The summed E-state index contributed by atoms with van der Waals surface area (Å²) in [7, 11) is 5.12. The van der Waals surface area contributed by atoms with E-state index < -0.39 is 0 Å². The molecule has 0 saturated heterocycles. The fourth-order valence-corrected chi connectivity index (χ4v) is 3.07. The smallest absolute Gasteiger partial charge is 0.246 e. The maximum atomic E-state index is 12.3. The van der Waals surface area contributed by atoms with Gasteiger partial charge in [0.15, 0.2) is 0 Å². The third kappa shape index (κ3) is 5.31. The molecule has 0 spiro atoms. The first-order valence-electron chi connectivity index (χ1n) is 8.28. The molecule has 4 nitrogen and oxygen atoms in total. The Morgan fingerprint density at radius 1 is 1.13 bits per heavy atom. The Bertz CT molecular complexity index is 525. The van der Waals surface area contributed by atoms with Crippen molar-refractivity contribution in [3.05, 3.63) is 29.8 Å². The molecule has 0 aromatic heterocycles. The third-order valence-corrected chi connectivity index (χ3v) is 4.43. The van der Waals surface area contributed by atoms with Crippen molar-refractivity contribution in [3.63, 3.8) is 0 Å². The van der Waals surface area contributed by atoms with E-state index in [1.165, 1.54) is 32.1 Å². The van der Waals surface area contributed by atoms with Crippen LogP contribution in [0.25, 0.3) is 6.08 Å². The SMILES string of the molecule is COc1cc(/C=C/C(=O)N(C)CC2CCCCC2)cc(OC)c1. The monoisotopic (exact) mass is 317 g/mol. The largest absolute Gasteiger partial charge is 0.497 e. The summed E-state index contributed by atoms with van der Waals surface area (Å²) < 4.78 is 10.5. The molecule has 0 bridgehead atoms. The van der Waals surface area contributed by atoms with Gasteiger partial charge in [-0.1, -0.05) is 19.3 Å². The lowest BCUT2D eigenvalue weighted by Gasteiger charge is -2.26. The fraction of sp³-hybridized carbons (Fsp3) is 0.526. The Labute approximate surface area is 139 Å². The van der Waals surface area contributed by atoms with Crippen LogP contribution in [0.4, 0.5) is 0 Å². The van der Waals surface area contributed by atoms with Gasteiger partial charge >= 0.3 is 0 Å². The van der Waals surface area contributed by atoms with Gasteiger partial charge in [-0.3, -0.25) is 4.79 Å². The van der Waals surface area contributed by atoms with Gasteiger partial charge in [0.1, 0.15) is 11.5 Å². The van der Waals surface area contributed by atoms with Crippen molar-refractivity contribution in [2.45, 2.75) is 32.1 Å². The number of ether oxygens (including phenoxy) is 2. The zero-order chi connectivity index (χ0) is 16.7. The first-order chi connectivity index (χ1) is 11.1. The fourth-order valence-electron chi connectivity index (χ4n) is 3.07. The Kier molecular flexibility index (Phi) is 6.51.